The average Bonchev–Trinajstić information content (AvgIpc) is 2.85. The Kier molecular flexibility index (Phi) is 5.62. The summed E-state index contributed by atoms with van der Waals surface area (Å²) in [7, 11) is -3.04. The summed E-state index contributed by atoms with van der Waals surface area (Å²) in [4.78, 5) is 0. The van der Waals surface area contributed by atoms with E-state index in [-0.39, 0.29) is 15.0 Å². The average molecular weight is 483 g/mol. The number of fused-ring (bicyclic) bond motifs is 1. The number of hydrogen-bond donors (Lipinski definition) is 0. The molecular weight excluding hydrogens is 462 g/mol. The minimum absolute atomic E-state index is 0.120. The van der Waals surface area contributed by atoms with Crippen molar-refractivity contribution in [1.82, 2.24) is 0 Å². The third-order valence-electron chi connectivity index (χ3n) is 5.39. The van der Waals surface area contributed by atoms with Gasteiger partial charge in [0.2, 0.25) is 0 Å². The van der Waals surface area contributed by atoms with Crippen molar-refractivity contribution in [3.8, 4) is 0 Å². The Labute approximate surface area is 189 Å². The van der Waals surface area contributed by atoms with Crippen LogP contribution in [0, 0.1) is 0 Å². The van der Waals surface area contributed by atoms with Gasteiger partial charge in [-0.25, -0.2) is 0 Å². The zero-order valence-corrected chi connectivity index (χ0v) is 19.5. The van der Waals surface area contributed by atoms with E-state index in [0.29, 0.717) is 0 Å². The van der Waals surface area contributed by atoms with Gasteiger partial charge in [-0.1, -0.05) is 0 Å². The summed E-state index contributed by atoms with van der Waals surface area (Å²) in [5.74, 6) is 0. The number of rotatable bonds is 5. The van der Waals surface area contributed by atoms with Crippen LogP contribution in [-0.2, 0) is 4.57 Å². The SMILES string of the molecule is O=P(c1ccccc1)(c1ccccc1)c1cccc2cccc([Se]c3ccccc3)c12. The Bertz CT molecular complexity index is 1320. The molecule has 1 nitrogen and oxygen atoms in total. The molecule has 0 fully saturated rings. The first-order valence-electron chi connectivity index (χ1n) is 10.2. The third-order valence-corrected chi connectivity index (χ3v) is 10.7. The summed E-state index contributed by atoms with van der Waals surface area (Å²) in [5, 5.41) is 4.94. The molecule has 0 unspecified atom stereocenters. The van der Waals surface area contributed by atoms with E-state index in [1.54, 1.807) is 0 Å². The van der Waals surface area contributed by atoms with Crippen molar-refractivity contribution in [2.45, 2.75) is 0 Å². The Hall–Kier alpha value is -2.89. The Morgan fingerprint density at radius 2 is 1.03 bits per heavy atom. The summed E-state index contributed by atoms with van der Waals surface area (Å²) in [6.45, 7) is 0. The third kappa shape index (κ3) is 3.80. The van der Waals surface area contributed by atoms with Gasteiger partial charge < -0.3 is 0 Å². The van der Waals surface area contributed by atoms with Crippen molar-refractivity contribution in [2.24, 2.45) is 0 Å². The molecule has 0 aliphatic rings. The van der Waals surface area contributed by atoms with E-state index in [4.69, 9.17) is 0 Å². The maximum absolute atomic E-state index is 15.0. The molecule has 150 valence electrons. The second-order valence-corrected chi connectivity index (χ2v) is 12.4. The normalized spacial score (nSPS) is 11.5. The molecule has 5 aromatic rings. The first kappa shape index (κ1) is 20.0. The molecule has 3 heteroatoms. The fourth-order valence-electron chi connectivity index (χ4n) is 3.95. The van der Waals surface area contributed by atoms with Gasteiger partial charge in [0.25, 0.3) is 0 Å². The van der Waals surface area contributed by atoms with Crippen LogP contribution in [0.5, 0.6) is 0 Å². The van der Waals surface area contributed by atoms with Gasteiger partial charge in [-0.15, -0.1) is 0 Å². The van der Waals surface area contributed by atoms with E-state index >= 15 is 4.57 Å². The van der Waals surface area contributed by atoms with Crippen molar-refractivity contribution < 1.29 is 4.57 Å². The molecule has 5 rings (SSSR count). The molecule has 0 radical (unpaired) electrons. The summed E-state index contributed by atoms with van der Waals surface area (Å²) in [6.07, 6.45) is 0. The van der Waals surface area contributed by atoms with Gasteiger partial charge in [-0.05, 0) is 0 Å². The summed E-state index contributed by atoms with van der Waals surface area (Å²) in [5.41, 5.74) is 0. The van der Waals surface area contributed by atoms with E-state index in [9.17, 15) is 0 Å². The predicted molar refractivity (Wildman–Crippen MR) is 135 cm³/mol. The molecule has 0 saturated carbocycles. The molecule has 0 heterocycles. The number of benzene rings is 5. The van der Waals surface area contributed by atoms with Crippen molar-refractivity contribution in [3.63, 3.8) is 0 Å². The van der Waals surface area contributed by atoms with Crippen LogP contribution < -0.4 is 24.8 Å². The topological polar surface area (TPSA) is 17.1 Å². The molecule has 0 aromatic heterocycles. The summed E-state index contributed by atoms with van der Waals surface area (Å²) < 4.78 is 17.6. The van der Waals surface area contributed by atoms with E-state index in [1.165, 1.54) is 8.92 Å². The Morgan fingerprint density at radius 1 is 0.516 bits per heavy atom. The Morgan fingerprint density at radius 3 is 1.61 bits per heavy atom. The van der Waals surface area contributed by atoms with Crippen molar-refractivity contribution in [1.29, 1.82) is 0 Å². The zero-order chi connectivity index (χ0) is 21.1. The van der Waals surface area contributed by atoms with Crippen molar-refractivity contribution >= 4 is 57.7 Å². The molecule has 0 aliphatic carbocycles. The molecule has 0 aliphatic heterocycles. The van der Waals surface area contributed by atoms with Crippen LogP contribution in [0.4, 0.5) is 0 Å². The van der Waals surface area contributed by atoms with Gasteiger partial charge in [0, 0.05) is 0 Å². The fourth-order valence-corrected chi connectivity index (χ4v) is 9.17. The van der Waals surface area contributed by atoms with Crippen LogP contribution in [0.3, 0.4) is 0 Å². The first-order valence-corrected chi connectivity index (χ1v) is 13.7. The van der Waals surface area contributed by atoms with Crippen LogP contribution >= 0.6 is 7.14 Å². The molecule has 0 bridgehead atoms. The quantitative estimate of drug-likeness (QED) is 0.272. The molecule has 0 atom stereocenters. The van der Waals surface area contributed by atoms with Gasteiger partial charge in [-0.2, -0.15) is 0 Å². The molecule has 5 aromatic carbocycles. The Balaban J connectivity index is 1.81. The summed E-state index contributed by atoms with van der Waals surface area (Å²) in [6, 6.07) is 43.1. The second-order valence-electron chi connectivity index (χ2n) is 7.33. The molecule has 0 saturated heterocycles. The zero-order valence-electron chi connectivity index (χ0n) is 16.9. The first-order chi connectivity index (χ1) is 15.3. The molecule has 0 spiro atoms. The minimum atomic E-state index is -3.04. The van der Waals surface area contributed by atoms with Gasteiger partial charge in [0.15, 0.2) is 0 Å². The van der Waals surface area contributed by atoms with E-state index in [1.807, 2.05) is 72.8 Å². The number of hydrogen-bond acceptors (Lipinski definition) is 1. The van der Waals surface area contributed by atoms with Crippen LogP contribution in [0.25, 0.3) is 10.8 Å². The molecule has 31 heavy (non-hydrogen) atoms. The van der Waals surface area contributed by atoms with Crippen LogP contribution in [-0.4, -0.2) is 15.0 Å². The fraction of sp³-hybridized carbons (Fsp3) is 0. The second kappa shape index (κ2) is 8.69. The van der Waals surface area contributed by atoms with Gasteiger partial charge in [0.05, 0.1) is 0 Å². The molecular formula is C28H21OPSe. The molecule has 0 N–H and O–H groups in total. The van der Waals surface area contributed by atoms with Crippen molar-refractivity contribution in [3.05, 3.63) is 127 Å². The van der Waals surface area contributed by atoms with E-state index in [2.05, 4.69) is 54.6 Å². The van der Waals surface area contributed by atoms with Crippen LogP contribution in [0.15, 0.2) is 127 Å². The van der Waals surface area contributed by atoms with Crippen LogP contribution in [0.1, 0.15) is 0 Å². The van der Waals surface area contributed by atoms with Gasteiger partial charge >= 0.3 is 190 Å². The van der Waals surface area contributed by atoms with E-state index in [0.717, 1.165) is 26.7 Å². The van der Waals surface area contributed by atoms with Crippen molar-refractivity contribution in [2.75, 3.05) is 0 Å². The van der Waals surface area contributed by atoms with Gasteiger partial charge in [0.1, 0.15) is 0 Å². The van der Waals surface area contributed by atoms with Crippen LogP contribution in [0.2, 0.25) is 0 Å². The standard InChI is InChI=1S/C28H21OPSe/c29-30(23-14-4-1-5-15-23,24-16-6-2-7-17-24)26-20-10-12-22-13-11-21-27(28(22)26)31-25-18-8-3-9-19-25/h1-21H. The maximum atomic E-state index is 15.0. The monoisotopic (exact) mass is 484 g/mol. The van der Waals surface area contributed by atoms with E-state index < -0.39 is 7.14 Å². The summed E-state index contributed by atoms with van der Waals surface area (Å²) >= 11 is 0.120. The molecule has 0 amide bonds. The predicted octanol–water partition coefficient (Wildman–Crippen LogP) is 4.13. The van der Waals surface area contributed by atoms with Gasteiger partial charge in [-0.3, -0.25) is 0 Å².